The van der Waals surface area contributed by atoms with Crippen LogP contribution in [0.2, 0.25) is 5.02 Å². The van der Waals surface area contributed by atoms with Gasteiger partial charge in [-0.2, -0.15) is 0 Å². The van der Waals surface area contributed by atoms with E-state index in [1.807, 2.05) is 0 Å². The van der Waals surface area contributed by atoms with Gasteiger partial charge in [0.1, 0.15) is 5.70 Å². The smallest absolute Gasteiger partial charge is 0.257 e. The SMILES string of the molecule is N/C(=C\[N+](=O)[O-])c1ccc(Cl)cc1. The van der Waals surface area contributed by atoms with Crippen LogP contribution in [-0.2, 0) is 0 Å². The third-order valence-corrected chi connectivity index (χ3v) is 1.67. The average Bonchev–Trinajstić information content (AvgIpc) is 2.04. The maximum absolute atomic E-state index is 10.1. The molecule has 0 amide bonds. The molecule has 0 saturated carbocycles. The predicted molar refractivity (Wildman–Crippen MR) is 50.6 cm³/mol. The Bertz CT molecular complexity index is 346. The van der Waals surface area contributed by atoms with Crippen LogP contribution in [0, 0.1) is 10.1 Å². The Kier molecular flexibility index (Phi) is 2.87. The fraction of sp³-hybridized carbons (Fsp3) is 0. The van der Waals surface area contributed by atoms with E-state index in [1.165, 1.54) is 0 Å². The molecular weight excluding hydrogens is 192 g/mol. The minimum absolute atomic E-state index is 0.113. The summed E-state index contributed by atoms with van der Waals surface area (Å²) in [6.45, 7) is 0. The van der Waals surface area contributed by atoms with Crippen molar-refractivity contribution in [1.29, 1.82) is 0 Å². The summed E-state index contributed by atoms with van der Waals surface area (Å²) >= 11 is 5.63. The number of hydrogen-bond donors (Lipinski definition) is 1. The summed E-state index contributed by atoms with van der Waals surface area (Å²) in [5.74, 6) is 0. The summed E-state index contributed by atoms with van der Waals surface area (Å²) in [6, 6.07) is 6.49. The number of rotatable bonds is 2. The van der Waals surface area contributed by atoms with E-state index in [9.17, 15) is 10.1 Å². The van der Waals surface area contributed by atoms with Crippen molar-refractivity contribution in [1.82, 2.24) is 0 Å². The molecule has 0 aliphatic carbocycles. The molecule has 1 rings (SSSR count). The van der Waals surface area contributed by atoms with Crippen LogP contribution >= 0.6 is 11.6 Å². The third-order valence-electron chi connectivity index (χ3n) is 1.42. The molecule has 0 radical (unpaired) electrons. The number of nitro groups is 1. The van der Waals surface area contributed by atoms with Crippen LogP contribution in [0.15, 0.2) is 30.5 Å². The summed E-state index contributed by atoms with van der Waals surface area (Å²) in [4.78, 5) is 9.48. The van der Waals surface area contributed by atoms with E-state index in [4.69, 9.17) is 17.3 Å². The van der Waals surface area contributed by atoms with Crippen molar-refractivity contribution < 1.29 is 4.92 Å². The third kappa shape index (κ3) is 2.76. The van der Waals surface area contributed by atoms with Gasteiger partial charge in [-0.25, -0.2) is 0 Å². The van der Waals surface area contributed by atoms with Gasteiger partial charge in [0.05, 0.1) is 4.92 Å². The second-order valence-corrected chi connectivity index (χ2v) is 2.81. The standard InChI is InChI=1S/C8H7ClN2O2/c9-7-3-1-6(2-4-7)8(10)5-11(12)13/h1-5H,10H2/b8-5-. The minimum Gasteiger partial charge on any atom is -0.393 e. The largest absolute Gasteiger partial charge is 0.393 e. The monoisotopic (exact) mass is 198 g/mol. The van der Waals surface area contributed by atoms with Crippen LogP contribution in [0.3, 0.4) is 0 Å². The molecular formula is C8H7ClN2O2. The van der Waals surface area contributed by atoms with Crippen LogP contribution in [0.4, 0.5) is 0 Å². The van der Waals surface area contributed by atoms with Gasteiger partial charge in [0.25, 0.3) is 6.20 Å². The molecule has 0 aromatic heterocycles. The number of nitrogens with zero attached hydrogens (tertiary/aromatic N) is 1. The summed E-state index contributed by atoms with van der Waals surface area (Å²) < 4.78 is 0. The lowest BCUT2D eigenvalue weighted by molar-refractivity contribution is -0.401. The zero-order chi connectivity index (χ0) is 9.84. The lowest BCUT2D eigenvalue weighted by Gasteiger charge is -1.97. The average molecular weight is 199 g/mol. The van der Waals surface area contributed by atoms with Crippen molar-refractivity contribution in [3.8, 4) is 0 Å². The highest BCUT2D eigenvalue weighted by Crippen LogP contribution is 2.13. The molecule has 0 bridgehead atoms. The van der Waals surface area contributed by atoms with Crippen LogP contribution < -0.4 is 5.73 Å². The molecule has 0 unspecified atom stereocenters. The molecule has 2 N–H and O–H groups in total. The van der Waals surface area contributed by atoms with Gasteiger partial charge in [0.15, 0.2) is 0 Å². The van der Waals surface area contributed by atoms with Crippen molar-refractivity contribution in [2.45, 2.75) is 0 Å². The van der Waals surface area contributed by atoms with E-state index in [0.29, 0.717) is 10.6 Å². The molecule has 0 atom stereocenters. The highest BCUT2D eigenvalue weighted by Gasteiger charge is 2.00. The number of benzene rings is 1. The fourth-order valence-electron chi connectivity index (χ4n) is 0.830. The zero-order valence-corrected chi connectivity index (χ0v) is 7.36. The van der Waals surface area contributed by atoms with Gasteiger partial charge in [-0.05, 0) is 12.1 Å². The first kappa shape index (κ1) is 9.54. The summed E-state index contributed by atoms with van der Waals surface area (Å²) in [5, 5.41) is 10.6. The summed E-state index contributed by atoms with van der Waals surface area (Å²) in [5.41, 5.74) is 6.12. The Balaban J connectivity index is 2.96. The lowest BCUT2D eigenvalue weighted by Crippen LogP contribution is -1.99. The topological polar surface area (TPSA) is 69.2 Å². The van der Waals surface area contributed by atoms with Crippen molar-refractivity contribution >= 4 is 17.3 Å². The first-order valence-electron chi connectivity index (χ1n) is 3.46. The molecule has 5 heteroatoms. The Hall–Kier alpha value is -1.55. The normalized spacial score (nSPS) is 11.3. The van der Waals surface area contributed by atoms with Crippen LogP contribution in [0.25, 0.3) is 5.70 Å². The molecule has 13 heavy (non-hydrogen) atoms. The van der Waals surface area contributed by atoms with Gasteiger partial charge in [-0.1, -0.05) is 23.7 Å². The molecule has 0 heterocycles. The second kappa shape index (κ2) is 3.91. The maximum Gasteiger partial charge on any atom is 0.257 e. The number of nitrogens with two attached hydrogens (primary N) is 1. The van der Waals surface area contributed by atoms with Gasteiger partial charge < -0.3 is 5.73 Å². The summed E-state index contributed by atoms with van der Waals surface area (Å²) in [7, 11) is 0. The van der Waals surface area contributed by atoms with Crippen LogP contribution in [0.5, 0.6) is 0 Å². The van der Waals surface area contributed by atoms with E-state index in [0.717, 1.165) is 6.20 Å². The van der Waals surface area contributed by atoms with E-state index >= 15 is 0 Å². The van der Waals surface area contributed by atoms with Crippen molar-refractivity contribution in [3.63, 3.8) is 0 Å². The lowest BCUT2D eigenvalue weighted by atomic mass is 10.2. The second-order valence-electron chi connectivity index (χ2n) is 2.38. The van der Waals surface area contributed by atoms with Gasteiger partial charge >= 0.3 is 0 Å². The molecule has 0 aliphatic heterocycles. The molecule has 1 aromatic carbocycles. The van der Waals surface area contributed by atoms with Crippen molar-refractivity contribution in [2.75, 3.05) is 0 Å². The number of hydrogen-bond acceptors (Lipinski definition) is 3. The first-order chi connectivity index (χ1) is 6.09. The van der Waals surface area contributed by atoms with Gasteiger partial charge in [0.2, 0.25) is 0 Å². The van der Waals surface area contributed by atoms with Gasteiger partial charge in [0, 0.05) is 10.6 Å². The quantitative estimate of drug-likeness (QED) is 0.583. The molecule has 0 spiro atoms. The molecule has 0 fully saturated rings. The molecule has 0 aliphatic rings. The van der Waals surface area contributed by atoms with E-state index < -0.39 is 4.92 Å². The van der Waals surface area contributed by atoms with E-state index in [-0.39, 0.29) is 5.70 Å². The molecule has 68 valence electrons. The van der Waals surface area contributed by atoms with Crippen molar-refractivity contribution in [2.24, 2.45) is 5.73 Å². The van der Waals surface area contributed by atoms with Gasteiger partial charge in [-0.15, -0.1) is 0 Å². The van der Waals surface area contributed by atoms with Crippen LogP contribution in [0.1, 0.15) is 5.56 Å². The predicted octanol–water partition coefficient (Wildman–Crippen LogP) is 1.87. The van der Waals surface area contributed by atoms with Crippen LogP contribution in [-0.4, -0.2) is 4.92 Å². The molecule has 4 nitrogen and oxygen atoms in total. The minimum atomic E-state index is -0.593. The molecule has 1 aromatic rings. The Labute approximate surface area is 79.8 Å². The number of halogens is 1. The van der Waals surface area contributed by atoms with E-state index in [2.05, 4.69) is 0 Å². The maximum atomic E-state index is 10.1. The summed E-state index contributed by atoms with van der Waals surface area (Å²) in [6.07, 6.45) is 0.753. The Morgan fingerprint density at radius 3 is 2.46 bits per heavy atom. The van der Waals surface area contributed by atoms with Gasteiger partial charge in [-0.3, -0.25) is 10.1 Å². The zero-order valence-electron chi connectivity index (χ0n) is 6.61. The Morgan fingerprint density at radius 1 is 1.46 bits per heavy atom. The Morgan fingerprint density at radius 2 is 2.00 bits per heavy atom. The van der Waals surface area contributed by atoms with Crippen molar-refractivity contribution in [3.05, 3.63) is 51.2 Å². The fourth-order valence-corrected chi connectivity index (χ4v) is 0.956. The highest BCUT2D eigenvalue weighted by atomic mass is 35.5. The first-order valence-corrected chi connectivity index (χ1v) is 3.84. The van der Waals surface area contributed by atoms with E-state index in [1.54, 1.807) is 24.3 Å². The molecule has 0 saturated heterocycles. The highest BCUT2D eigenvalue weighted by molar-refractivity contribution is 6.30.